The Bertz CT molecular complexity index is 1140. The Hall–Kier alpha value is -2.84. The first-order valence-corrected chi connectivity index (χ1v) is 11.8. The minimum atomic E-state index is -3.67. The van der Waals surface area contributed by atoms with Crippen molar-refractivity contribution in [3.05, 3.63) is 60.4 Å². The molecule has 2 unspecified atom stereocenters. The zero-order chi connectivity index (χ0) is 22.0. The van der Waals surface area contributed by atoms with E-state index in [4.69, 9.17) is 9.15 Å². The van der Waals surface area contributed by atoms with Gasteiger partial charge in [0.2, 0.25) is 15.9 Å². The summed E-state index contributed by atoms with van der Waals surface area (Å²) < 4.78 is 38.4. The summed E-state index contributed by atoms with van der Waals surface area (Å²) in [5, 5.41) is 3.96. The van der Waals surface area contributed by atoms with Crippen LogP contribution in [0.15, 0.2) is 63.9 Å². The van der Waals surface area contributed by atoms with E-state index in [0.29, 0.717) is 30.9 Å². The number of hydrogen-bond donors (Lipinski definition) is 1. The maximum atomic E-state index is 13.0. The molecule has 1 aliphatic rings. The zero-order valence-electron chi connectivity index (χ0n) is 17.6. The van der Waals surface area contributed by atoms with E-state index in [1.54, 1.807) is 12.1 Å². The van der Waals surface area contributed by atoms with E-state index in [2.05, 4.69) is 5.32 Å². The topological polar surface area (TPSA) is 88.9 Å². The number of carbonyl (C=O) groups excluding carboxylic acids is 1. The van der Waals surface area contributed by atoms with Gasteiger partial charge >= 0.3 is 0 Å². The minimum absolute atomic E-state index is 0.160. The molecular formula is C23H26N2O5S. The number of ether oxygens (including phenoxy) is 1. The third-order valence-electron chi connectivity index (χ3n) is 5.68. The number of nitrogens with zero attached hydrogens (tertiary/aromatic N) is 1. The molecule has 2 atom stereocenters. The molecule has 1 saturated heterocycles. The predicted molar refractivity (Wildman–Crippen MR) is 117 cm³/mol. The fourth-order valence-electron chi connectivity index (χ4n) is 3.89. The molecule has 0 aliphatic carbocycles. The number of sulfonamides is 1. The number of hydrogen-bond acceptors (Lipinski definition) is 5. The Labute approximate surface area is 182 Å². The van der Waals surface area contributed by atoms with Crippen molar-refractivity contribution in [3.8, 4) is 5.75 Å². The standard InChI is InChI=1S/C23H26N2O5S/c1-16(22-14-17-6-3-4-8-21(17)30-22)24-23(26)18-7-5-13-25(15-18)31(27,28)20-11-9-19(29-2)10-12-20/h3-4,6,8-12,14,16,18H,5,7,13,15H2,1-2H3,(H,24,26). The summed E-state index contributed by atoms with van der Waals surface area (Å²) in [5.74, 6) is 0.693. The fourth-order valence-corrected chi connectivity index (χ4v) is 5.41. The van der Waals surface area contributed by atoms with E-state index in [1.807, 2.05) is 37.3 Å². The van der Waals surface area contributed by atoms with Gasteiger partial charge in [-0.1, -0.05) is 18.2 Å². The van der Waals surface area contributed by atoms with Crippen LogP contribution in [0.5, 0.6) is 5.75 Å². The number of para-hydroxylation sites is 1. The van der Waals surface area contributed by atoms with Gasteiger partial charge in [-0.3, -0.25) is 4.79 Å². The SMILES string of the molecule is COc1ccc(S(=O)(=O)N2CCCC(C(=O)NC(C)c3cc4ccccc4o3)C2)cc1. The highest BCUT2D eigenvalue weighted by molar-refractivity contribution is 7.89. The highest BCUT2D eigenvalue weighted by Gasteiger charge is 2.34. The van der Waals surface area contributed by atoms with Crippen LogP contribution in [0.1, 0.15) is 31.6 Å². The van der Waals surface area contributed by atoms with Gasteiger partial charge in [-0.05, 0) is 56.2 Å². The average molecular weight is 443 g/mol. The first kappa shape index (κ1) is 21.4. The molecule has 1 aromatic heterocycles. The summed E-state index contributed by atoms with van der Waals surface area (Å²) in [6, 6.07) is 15.6. The van der Waals surface area contributed by atoms with E-state index < -0.39 is 15.9 Å². The smallest absolute Gasteiger partial charge is 0.243 e. The Kier molecular flexibility index (Phi) is 6.02. The average Bonchev–Trinajstić information content (AvgIpc) is 3.24. The molecule has 3 aromatic rings. The molecule has 1 amide bonds. The molecule has 1 aliphatic heterocycles. The molecule has 8 heteroatoms. The van der Waals surface area contributed by atoms with Crippen molar-refractivity contribution in [2.45, 2.75) is 30.7 Å². The van der Waals surface area contributed by atoms with Crippen LogP contribution in [-0.4, -0.2) is 38.8 Å². The number of carbonyl (C=O) groups is 1. The first-order chi connectivity index (χ1) is 14.9. The van der Waals surface area contributed by atoms with Gasteiger partial charge < -0.3 is 14.5 Å². The summed E-state index contributed by atoms with van der Waals surface area (Å²) >= 11 is 0. The summed E-state index contributed by atoms with van der Waals surface area (Å²) in [4.78, 5) is 13.1. The highest BCUT2D eigenvalue weighted by Crippen LogP contribution is 2.27. The van der Waals surface area contributed by atoms with Crippen LogP contribution in [0, 0.1) is 5.92 Å². The molecule has 31 heavy (non-hydrogen) atoms. The van der Waals surface area contributed by atoms with E-state index >= 15 is 0 Å². The summed E-state index contributed by atoms with van der Waals surface area (Å²) in [6.07, 6.45) is 1.28. The number of amides is 1. The Morgan fingerprint density at radius 3 is 2.65 bits per heavy atom. The highest BCUT2D eigenvalue weighted by atomic mass is 32.2. The zero-order valence-corrected chi connectivity index (χ0v) is 18.4. The van der Waals surface area contributed by atoms with Crippen molar-refractivity contribution in [3.63, 3.8) is 0 Å². The van der Waals surface area contributed by atoms with Crippen molar-refractivity contribution < 1.29 is 22.4 Å². The van der Waals surface area contributed by atoms with Crippen LogP contribution in [0.3, 0.4) is 0 Å². The fraction of sp³-hybridized carbons (Fsp3) is 0.348. The van der Waals surface area contributed by atoms with Gasteiger partial charge in [-0.2, -0.15) is 4.31 Å². The van der Waals surface area contributed by atoms with E-state index in [-0.39, 0.29) is 23.4 Å². The van der Waals surface area contributed by atoms with Crippen molar-refractivity contribution in [1.29, 1.82) is 0 Å². The van der Waals surface area contributed by atoms with Gasteiger partial charge in [0.15, 0.2) is 0 Å². The molecule has 1 N–H and O–H groups in total. The Morgan fingerprint density at radius 2 is 1.94 bits per heavy atom. The van der Waals surface area contributed by atoms with Gasteiger partial charge in [0, 0.05) is 18.5 Å². The van der Waals surface area contributed by atoms with Crippen LogP contribution < -0.4 is 10.1 Å². The number of nitrogens with one attached hydrogen (secondary N) is 1. The predicted octanol–water partition coefficient (Wildman–Crippen LogP) is 3.72. The van der Waals surface area contributed by atoms with E-state index in [1.165, 1.54) is 23.5 Å². The van der Waals surface area contributed by atoms with Crippen LogP contribution in [0.25, 0.3) is 11.0 Å². The van der Waals surface area contributed by atoms with Crippen LogP contribution >= 0.6 is 0 Å². The number of fused-ring (bicyclic) bond motifs is 1. The lowest BCUT2D eigenvalue weighted by molar-refractivity contribution is -0.126. The minimum Gasteiger partial charge on any atom is -0.497 e. The van der Waals surface area contributed by atoms with Gasteiger partial charge in [0.1, 0.15) is 17.1 Å². The molecule has 4 rings (SSSR count). The normalized spacial score (nSPS) is 18.6. The summed E-state index contributed by atoms with van der Waals surface area (Å²) in [5.41, 5.74) is 0.771. The molecule has 0 radical (unpaired) electrons. The molecule has 0 bridgehead atoms. The van der Waals surface area contributed by atoms with Gasteiger partial charge in [-0.25, -0.2) is 8.42 Å². The molecule has 0 saturated carbocycles. The number of furan rings is 1. The van der Waals surface area contributed by atoms with Gasteiger partial charge in [0.05, 0.1) is 24.0 Å². The molecule has 1 fully saturated rings. The lowest BCUT2D eigenvalue weighted by Crippen LogP contribution is -2.45. The number of rotatable bonds is 6. The third kappa shape index (κ3) is 4.45. The second kappa shape index (κ2) is 8.72. The van der Waals surface area contributed by atoms with Gasteiger partial charge in [0.25, 0.3) is 0 Å². The van der Waals surface area contributed by atoms with E-state index in [0.717, 1.165) is 11.0 Å². The molecule has 164 valence electrons. The Balaban J connectivity index is 1.44. The van der Waals surface area contributed by atoms with Crippen LogP contribution in [0.2, 0.25) is 0 Å². The Morgan fingerprint density at radius 1 is 1.19 bits per heavy atom. The lowest BCUT2D eigenvalue weighted by Gasteiger charge is -2.31. The molecule has 0 spiro atoms. The maximum absolute atomic E-state index is 13.0. The van der Waals surface area contributed by atoms with Crippen molar-refractivity contribution in [2.24, 2.45) is 5.92 Å². The van der Waals surface area contributed by atoms with Crippen LogP contribution in [-0.2, 0) is 14.8 Å². The molecular weight excluding hydrogens is 416 g/mol. The first-order valence-electron chi connectivity index (χ1n) is 10.3. The largest absolute Gasteiger partial charge is 0.497 e. The maximum Gasteiger partial charge on any atom is 0.243 e. The van der Waals surface area contributed by atoms with Crippen molar-refractivity contribution in [1.82, 2.24) is 9.62 Å². The van der Waals surface area contributed by atoms with Crippen molar-refractivity contribution in [2.75, 3.05) is 20.2 Å². The molecule has 2 heterocycles. The summed E-state index contributed by atoms with van der Waals surface area (Å²) in [7, 11) is -2.14. The quantitative estimate of drug-likeness (QED) is 0.629. The number of piperidine rings is 1. The lowest BCUT2D eigenvalue weighted by atomic mass is 9.98. The van der Waals surface area contributed by atoms with E-state index in [9.17, 15) is 13.2 Å². The number of benzene rings is 2. The second-order valence-corrected chi connectivity index (χ2v) is 9.73. The summed E-state index contributed by atoms with van der Waals surface area (Å²) in [6.45, 7) is 2.43. The molecule has 7 nitrogen and oxygen atoms in total. The number of methoxy groups -OCH3 is 1. The second-order valence-electron chi connectivity index (χ2n) is 7.79. The third-order valence-corrected chi connectivity index (χ3v) is 7.56. The van der Waals surface area contributed by atoms with Crippen molar-refractivity contribution >= 4 is 26.9 Å². The van der Waals surface area contributed by atoms with Crippen LogP contribution in [0.4, 0.5) is 0 Å². The monoisotopic (exact) mass is 442 g/mol. The molecule has 2 aromatic carbocycles. The van der Waals surface area contributed by atoms with Gasteiger partial charge in [-0.15, -0.1) is 0 Å².